The Morgan fingerprint density at radius 1 is 1.14 bits per heavy atom. The Morgan fingerprint density at radius 3 is 2.45 bits per heavy atom. The van der Waals surface area contributed by atoms with Gasteiger partial charge in [0.15, 0.2) is 0 Å². The topological polar surface area (TPSA) is 72.2 Å². The summed E-state index contributed by atoms with van der Waals surface area (Å²) in [5.41, 5.74) is 4.04. The summed E-state index contributed by atoms with van der Waals surface area (Å²) in [5.74, 6) is -0.798. The van der Waals surface area contributed by atoms with Gasteiger partial charge in [-0.2, -0.15) is 20.1 Å². The van der Waals surface area contributed by atoms with Crippen molar-refractivity contribution in [2.24, 2.45) is 5.10 Å². The highest BCUT2D eigenvalue weighted by Gasteiger charge is 2.06. The minimum Gasteiger partial charge on any atom is -0.271 e. The Hall–Kier alpha value is -3.09. The predicted molar refractivity (Wildman–Crippen MR) is 79.7 cm³/mol. The monoisotopic (exact) mass is 297 g/mol. The summed E-state index contributed by atoms with van der Waals surface area (Å²) < 4.78 is 13.4. The summed E-state index contributed by atoms with van der Waals surface area (Å²) in [5, 5.41) is 12.1. The number of hydrogen-bond acceptors (Lipinski definition) is 4. The number of nitrogens with one attached hydrogen (secondary N) is 1. The normalized spacial score (nSPS) is 11.1. The number of amides is 1. The number of rotatable bonds is 4. The van der Waals surface area contributed by atoms with Crippen LogP contribution in [-0.2, 0) is 11.3 Å². The third-order valence-electron chi connectivity index (χ3n) is 2.91. The third kappa shape index (κ3) is 3.14. The molecule has 0 aliphatic carbocycles. The molecule has 6 nitrogen and oxygen atoms in total. The van der Waals surface area contributed by atoms with Crippen LogP contribution >= 0.6 is 0 Å². The van der Waals surface area contributed by atoms with E-state index in [9.17, 15) is 9.18 Å². The number of nitrogens with zero attached hydrogens (tertiary/aromatic N) is 4. The maximum Gasteiger partial charge on any atom is 0.263 e. The van der Waals surface area contributed by atoms with Crippen molar-refractivity contribution in [3.05, 3.63) is 59.9 Å². The van der Waals surface area contributed by atoms with E-state index in [1.807, 2.05) is 24.3 Å². The van der Waals surface area contributed by atoms with E-state index in [-0.39, 0.29) is 6.54 Å². The molecule has 0 fully saturated rings. The first kappa shape index (κ1) is 13.9. The van der Waals surface area contributed by atoms with Crippen LogP contribution < -0.4 is 5.43 Å². The number of benzene rings is 2. The second kappa shape index (κ2) is 6.13. The molecule has 0 aliphatic rings. The number of aromatic nitrogens is 3. The second-order valence-corrected chi connectivity index (χ2v) is 4.53. The summed E-state index contributed by atoms with van der Waals surface area (Å²) in [6.07, 6.45) is 1.25. The molecule has 1 aromatic heterocycles. The van der Waals surface area contributed by atoms with Gasteiger partial charge in [-0.05, 0) is 18.2 Å². The van der Waals surface area contributed by atoms with Crippen LogP contribution in [0.2, 0.25) is 0 Å². The number of halogens is 1. The highest BCUT2D eigenvalue weighted by molar-refractivity contribution is 5.82. The molecular formula is C15H12FN5O. The van der Waals surface area contributed by atoms with Crippen molar-refractivity contribution in [3.63, 3.8) is 0 Å². The highest BCUT2D eigenvalue weighted by atomic mass is 19.1. The van der Waals surface area contributed by atoms with Crippen LogP contribution in [0.15, 0.2) is 53.6 Å². The average Bonchev–Trinajstić information content (AvgIpc) is 2.91. The molecule has 0 aliphatic heterocycles. The Morgan fingerprint density at radius 2 is 1.77 bits per heavy atom. The lowest BCUT2D eigenvalue weighted by Gasteiger charge is -1.99. The zero-order valence-corrected chi connectivity index (χ0v) is 11.5. The first-order chi connectivity index (χ1) is 10.7. The molecule has 0 spiro atoms. The van der Waals surface area contributed by atoms with E-state index in [2.05, 4.69) is 20.7 Å². The van der Waals surface area contributed by atoms with Gasteiger partial charge in [-0.15, -0.1) is 0 Å². The van der Waals surface area contributed by atoms with E-state index in [0.717, 1.165) is 0 Å². The summed E-state index contributed by atoms with van der Waals surface area (Å²) in [6, 6.07) is 13.5. The minimum atomic E-state index is -0.402. The molecule has 1 amide bonds. The first-order valence-corrected chi connectivity index (χ1v) is 6.59. The van der Waals surface area contributed by atoms with Gasteiger partial charge in [-0.3, -0.25) is 4.79 Å². The van der Waals surface area contributed by atoms with E-state index in [0.29, 0.717) is 16.6 Å². The lowest BCUT2D eigenvalue weighted by atomic mass is 10.2. The molecule has 0 unspecified atom stereocenters. The molecule has 3 rings (SSSR count). The maximum absolute atomic E-state index is 13.4. The van der Waals surface area contributed by atoms with Gasteiger partial charge in [0, 0.05) is 5.56 Å². The van der Waals surface area contributed by atoms with Crippen molar-refractivity contribution in [1.29, 1.82) is 0 Å². The molecule has 22 heavy (non-hydrogen) atoms. The largest absolute Gasteiger partial charge is 0.271 e. The Labute approximate surface area is 125 Å². The van der Waals surface area contributed by atoms with Crippen LogP contribution in [0.4, 0.5) is 4.39 Å². The number of hydrazone groups is 1. The molecule has 0 radical (unpaired) electrons. The summed E-state index contributed by atoms with van der Waals surface area (Å²) in [7, 11) is 0. The smallest absolute Gasteiger partial charge is 0.263 e. The number of hydrogen-bond donors (Lipinski definition) is 1. The van der Waals surface area contributed by atoms with E-state index >= 15 is 0 Å². The predicted octanol–water partition coefficient (Wildman–Crippen LogP) is 1.72. The van der Waals surface area contributed by atoms with Gasteiger partial charge in [-0.25, -0.2) is 9.82 Å². The van der Waals surface area contributed by atoms with Crippen molar-refractivity contribution < 1.29 is 9.18 Å². The van der Waals surface area contributed by atoms with Crippen LogP contribution in [-0.4, -0.2) is 27.1 Å². The highest BCUT2D eigenvalue weighted by Crippen LogP contribution is 2.06. The quantitative estimate of drug-likeness (QED) is 0.588. The molecule has 7 heteroatoms. The Bertz CT molecular complexity index is 810. The molecule has 0 saturated carbocycles. The standard InChI is InChI=1S/C15H12FN5O/c16-12-6-2-1-5-11(12)9-17-18-15(22)10-21-19-13-7-3-4-8-14(13)20-21/h1-9H,10H2,(H,18,22)/b17-9+. The molecule has 110 valence electrons. The van der Waals surface area contributed by atoms with E-state index in [1.54, 1.807) is 18.2 Å². The number of fused-ring (bicyclic) bond motifs is 1. The van der Waals surface area contributed by atoms with Gasteiger partial charge in [-0.1, -0.05) is 30.3 Å². The van der Waals surface area contributed by atoms with E-state index in [4.69, 9.17) is 0 Å². The molecule has 1 heterocycles. The summed E-state index contributed by atoms with van der Waals surface area (Å²) in [4.78, 5) is 13.0. The lowest BCUT2D eigenvalue weighted by molar-refractivity contribution is -0.122. The Balaban J connectivity index is 1.62. The second-order valence-electron chi connectivity index (χ2n) is 4.53. The van der Waals surface area contributed by atoms with Crippen molar-refractivity contribution in [3.8, 4) is 0 Å². The number of carbonyl (C=O) groups is 1. The SMILES string of the molecule is O=C(Cn1nc2ccccc2n1)N/N=C/c1ccccc1F. The fourth-order valence-corrected chi connectivity index (χ4v) is 1.89. The summed E-state index contributed by atoms with van der Waals surface area (Å²) >= 11 is 0. The van der Waals surface area contributed by atoms with E-state index in [1.165, 1.54) is 17.1 Å². The Kier molecular flexibility index (Phi) is 3.86. The molecule has 3 aromatic rings. The van der Waals surface area contributed by atoms with Gasteiger partial charge in [0.05, 0.1) is 6.21 Å². The minimum absolute atomic E-state index is 0.0662. The van der Waals surface area contributed by atoms with Crippen molar-refractivity contribution in [2.75, 3.05) is 0 Å². The zero-order chi connectivity index (χ0) is 15.4. The number of carbonyl (C=O) groups excluding carboxylic acids is 1. The van der Waals surface area contributed by atoms with Gasteiger partial charge < -0.3 is 0 Å². The zero-order valence-electron chi connectivity index (χ0n) is 11.5. The summed E-state index contributed by atoms with van der Waals surface area (Å²) in [6.45, 7) is -0.0662. The third-order valence-corrected chi connectivity index (χ3v) is 2.91. The van der Waals surface area contributed by atoms with E-state index < -0.39 is 11.7 Å². The first-order valence-electron chi connectivity index (χ1n) is 6.59. The van der Waals surface area contributed by atoms with Gasteiger partial charge in [0.25, 0.3) is 5.91 Å². The molecular weight excluding hydrogens is 285 g/mol. The van der Waals surface area contributed by atoms with Crippen molar-refractivity contribution in [2.45, 2.75) is 6.54 Å². The van der Waals surface area contributed by atoms with Crippen molar-refractivity contribution >= 4 is 23.2 Å². The lowest BCUT2D eigenvalue weighted by Crippen LogP contribution is -2.24. The maximum atomic E-state index is 13.4. The molecule has 0 bridgehead atoms. The fraction of sp³-hybridized carbons (Fsp3) is 0.0667. The van der Waals surface area contributed by atoms with Crippen LogP contribution in [0.25, 0.3) is 11.0 Å². The van der Waals surface area contributed by atoms with Crippen LogP contribution in [0.1, 0.15) is 5.56 Å². The molecule has 0 saturated heterocycles. The van der Waals surface area contributed by atoms with Gasteiger partial charge in [0.2, 0.25) is 0 Å². The molecule has 1 N–H and O–H groups in total. The van der Waals surface area contributed by atoms with Gasteiger partial charge >= 0.3 is 0 Å². The van der Waals surface area contributed by atoms with Crippen molar-refractivity contribution in [1.82, 2.24) is 20.4 Å². The fourth-order valence-electron chi connectivity index (χ4n) is 1.89. The van der Waals surface area contributed by atoms with Crippen LogP contribution in [0, 0.1) is 5.82 Å². The van der Waals surface area contributed by atoms with Crippen LogP contribution in [0.5, 0.6) is 0 Å². The average molecular weight is 297 g/mol. The van der Waals surface area contributed by atoms with Gasteiger partial charge in [0.1, 0.15) is 23.4 Å². The molecule has 0 atom stereocenters. The van der Waals surface area contributed by atoms with Crippen LogP contribution in [0.3, 0.4) is 0 Å². The molecule has 2 aromatic carbocycles.